The molecule has 1 aliphatic rings. The van der Waals surface area contributed by atoms with Gasteiger partial charge in [-0.25, -0.2) is 0 Å². The fraction of sp³-hybridized carbons (Fsp3) is 0.417. The molecule has 0 bridgehead atoms. The first-order valence-electron chi connectivity index (χ1n) is 5.38. The number of carboxylic acids is 1. The summed E-state index contributed by atoms with van der Waals surface area (Å²) in [5, 5.41) is 13.1. The van der Waals surface area contributed by atoms with Gasteiger partial charge in [0.1, 0.15) is 0 Å². The highest BCUT2D eigenvalue weighted by molar-refractivity contribution is 6.31. The van der Waals surface area contributed by atoms with Crippen molar-refractivity contribution in [1.82, 2.24) is 5.32 Å². The van der Waals surface area contributed by atoms with E-state index in [-0.39, 0.29) is 5.92 Å². The van der Waals surface area contributed by atoms with E-state index < -0.39 is 11.9 Å². The first-order chi connectivity index (χ1) is 7.70. The number of aliphatic carboxylic acids is 1. The van der Waals surface area contributed by atoms with E-state index >= 15 is 0 Å². The molecule has 0 amide bonds. The summed E-state index contributed by atoms with van der Waals surface area (Å²) in [5.41, 5.74) is 0.727. The molecule has 0 aromatic heterocycles. The average molecular weight is 240 g/mol. The molecule has 1 saturated heterocycles. The van der Waals surface area contributed by atoms with Crippen molar-refractivity contribution in [3.8, 4) is 0 Å². The van der Waals surface area contributed by atoms with Gasteiger partial charge in [-0.1, -0.05) is 29.8 Å². The van der Waals surface area contributed by atoms with Crippen LogP contribution in [0, 0.1) is 5.92 Å². The monoisotopic (exact) mass is 239 g/mol. The largest absolute Gasteiger partial charge is 0.481 e. The lowest BCUT2D eigenvalue weighted by molar-refractivity contribution is -0.140. The van der Waals surface area contributed by atoms with E-state index in [4.69, 9.17) is 11.6 Å². The first-order valence-corrected chi connectivity index (χ1v) is 5.76. The molecular weight excluding hydrogens is 226 g/mol. The molecule has 86 valence electrons. The summed E-state index contributed by atoms with van der Waals surface area (Å²) in [6, 6.07) is 7.20. The third-order valence-corrected chi connectivity index (χ3v) is 3.42. The molecule has 0 radical (unpaired) electrons. The van der Waals surface area contributed by atoms with Gasteiger partial charge in [-0.05, 0) is 37.1 Å². The van der Waals surface area contributed by atoms with Crippen LogP contribution >= 0.6 is 11.6 Å². The number of benzene rings is 1. The maximum atomic E-state index is 11.4. The lowest BCUT2D eigenvalue weighted by Gasteiger charge is -2.19. The molecular formula is C12H14ClNO2. The van der Waals surface area contributed by atoms with Crippen molar-refractivity contribution >= 4 is 17.6 Å². The second kappa shape index (κ2) is 4.85. The Balaban J connectivity index is 2.32. The van der Waals surface area contributed by atoms with Crippen molar-refractivity contribution in [3.63, 3.8) is 0 Å². The van der Waals surface area contributed by atoms with Gasteiger partial charge in [0, 0.05) is 5.02 Å². The van der Waals surface area contributed by atoms with Gasteiger partial charge in [0.25, 0.3) is 0 Å². The van der Waals surface area contributed by atoms with Crippen LogP contribution in [0.1, 0.15) is 17.9 Å². The first kappa shape index (κ1) is 11.4. The van der Waals surface area contributed by atoms with Crippen molar-refractivity contribution in [2.24, 2.45) is 5.92 Å². The number of hydrogen-bond donors (Lipinski definition) is 2. The lowest BCUT2D eigenvalue weighted by Crippen LogP contribution is -2.23. The predicted molar refractivity (Wildman–Crippen MR) is 62.8 cm³/mol. The van der Waals surface area contributed by atoms with Crippen LogP contribution in [0.4, 0.5) is 0 Å². The van der Waals surface area contributed by atoms with Gasteiger partial charge in [-0.3, -0.25) is 4.79 Å². The minimum atomic E-state index is -0.790. The molecule has 1 fully saturated rings. The average Bonchev–Trinajstić information content (AvgIpc) is 2.74. The van der Waals surface area contributed by atoms with E-state index in [1.165, 1.54) is 0 Å². The van der Waals surface area contributed by atoms with Gasteiger partial charge in [0.2, 0.25) is 0 Å². The van der Waals surface area contributed by atoms with Gasteiger partial charge < -0.3 is 10.4 Å². The van der Waals surface area contributed by atoms with E-state index in [0.717, 1.165) is 25.1 Å². The summed E-state index contributed by atoms with van der Waals surface area (Å²) >= 11 is 6.06. The zero-order valence-electron chi connectivity index (χ0n) is 8.82. The number of hydrogen-bond acceptors (Lipinski definition) is 2. The fourth-order valence-corrected chi connectivity index (χ4v) is 2.53. The summed E-state index contributed by atoms with van der Waals surface area (Å²) in [6.45, 7) is 1.64. The number of carboxylic acid groups (broad SMARTS) is 1. The normalized spacial score (nSPS) is 21.9. The molecule has 2 N–H and O–H groups in total. The molecule has 4 heteroatoms. The molecule has 0 aliphatic carbocycles. The second-order valence-corrected chi connectivity index (χ2v) is 4.50. The molecule has 1 aromatic carbocycles. The molecule has 1 aromatic rings. The smallest absolute Gasteiger partial charge is 0.311 e. The number of nitrogens with one attached hydrogen (secondary N) is 1. The summed E-state index contributed by atoms with van der Waals surface area (Å²) in [6.07, 6.45) is 0.891. The van der Waals surface area contributed by atoms with Crippen molar-refractivity contribution in [2.75, 3.05) is 13.1 Å². The van der Waals surface area contributed by atoms with Crippen LogP contribution in [0.2, 0.25) is 5.02 Å². The third-order valence-electron chi connectivity index (χ3n) is 3.08. The number of carbonyl (C=O) groups is 1. The topological polar surface area (TPSA) is 49.3 Å². The molecule has 3 nitrogen and oxygen atoms in total. The number of halogens is 1. The van der Waals surface area contributed by atoms with Crippen molar-refractivity contribution < 1.29 is 9.90 Å². The van der Waals surface area contributed by atoms with Crippen LogP contribution in [-0.4, -0.2) is 24.2 Å². The highest BCUT2D eigenvalue weighted by Crippen LogP contribution is 2.33. The Bertz CT molecular complexity index is 388. The Morgan fingerprint density at radius 1 is 1.50 bits per heavy atom. The molecule has 0 spiro atoms. The molecule has 0 saturated carbocycles. The highest BCUT2D eigenvalue weighted by Gasteiger charge is 2.32. The van der Waals surface area contributed by atoms with Crippen LogP contribution in [0.5, 0.6) is 0 Å². The standard InChI is InChI=1S/C12H14ClNO2/c13-10-4-2-1-3-9(10)11(12(15)16)8-5-6-14-7-8/h1-4,8,11,14H,5-7H2,(H,15,16). The highest BCUT2D eigenvalue weighted by atomic mass is 35.5. The summed E-state index contributed by atoms with van der Waals surface area (Å²) in [4.78, 5) is 11.4. The van der Waals surface area contributed by atoms with Gasteiger partial charge in [-0.15, -0.1) is 0 Å². The summed E-state index contributed by atoms with van der Waals surface area (Å²) in [5.74, 6) is -1.15. The van der Waals surface area contributed by atoms with E-state index in [1.54, 1.807) is 12.1 Å². The zero-order valence-corrected chi connectivity index (χ0v) is 9.57. The summed E-state index contributed by atoms with van der Waals surface area (Å²) < 4.78 is 0. The quantitative estimate of drug-likeness (QED) is 0.850. The van der Waals surface area contributed by atoms with Crippen molar-refractivity contribution in [2.45, 2.75) is 12.3 Å². The molecule has 2 unspecified atom stereocenters. The van der Waals surface area contributed by atoms with Crippen molar-refractivity contribution in [1.29, 1.82) is 0 Å². The Hall–Kier alpha value is -1.06. The Morgan fingerprint density at radius 3 is 2.81 bits per heavy atom. The zero-order chi connectivity index (χ0) is 11.5. The molecule has 16 heavy (non-hydrogen) atoms. The minimum absolute atomic E-state index is 0.136. The van der Waals surface area contributed by atoms with Crippen LogP contribution in [0.15, 0.2) is 24.3 Å². The molecule has 2 rings (SSSR count). The van der Waals surface area contributed by atoms with Crippen molar-refractivity contribution in [3.05, 3.63) is 34.9 Å². The van der Waals surface area contributed by atoms with E-state index in [1.807, 2.05) is 12.1 Å². The van der Waals surface area contributed by atoms with Crippen LogP contribution in [0.3, 0.4) is 0 Å². The molecule has 2 atom stereocenters. The Morgan fingerprint density at radius 2 is 2.25 bits per heavy atom. The Labute approximate surface area is 99.4 Å². The molecule has 1 aliphatic heterocycles. The summed E-state index contributed by atoms with van der Waals surface area (Å²) in [7, 11) is 0. The van der Waals surface area contributed by atoms with Gasteiger partial charge >= 0.3 is 5.97 Å². The van der Waals surface area contributed by atoms with Crippen LogP contribution in [0.25, 0.3) is 0 Å². The molecule has 1 heterocycles. The van der Waals surface area contributed by atoms with E-state index in [0.29, 0.717) is 5.02 Å². The van der Waals surface area contributed by atoms with Gasteiger partial charge in [-0.2, -0.15) is 0 Å². The lowest BCUT2D eigenvalue weighted by atomic mass is 9.85. The third kappa shape index (κ3) is 2.20. The van der Waals surface area contributed by atoms with Gasteiger partial charge in [0.15, 0.2) is 0 Å². The van der Waals surface area contributed by atoms with E-state index in [9.17, 15) is 9.90 Å². The SMILES string of the molecule is O=C(O)C(c1ccccc1Cl)C1CCNC1. The maximum Gasteiger partial charge on any atom is 0.311 e. The van der Waals surface area contributed by atoms with Crippen LogP contribution < -0.4 is 5.32 Å². The van der Waals surface area contributed by atoms with Gasteiger partial charge in [0.05, 0.1) is 5.92 Å². The number of rotatable bonds is 3. The van der Waals surface area contributed by atoms with Crippen LogP contribution in [-0.2, 0) is 4.79 Å². The second-order valence-electron chi connectivity index (χ2n) is 4.09. The maximum absolute atomic E-state index is 11.4. The predicted octanol–water partition coefficient (Wildman–Crippen LogP) is 2.12. The van der Waals surface area contributed by atoms with E-state index in [2.05, 4.69) is 5.32 Å². The Kier molecular flexibility index (Phi) is 3.46. The minimum Gasteiger partial charge on any atom is -0.481 e. The fourth-order valence-electron chi connectivity index (χ4n) is 2.28.